The highest BCUT2D eigenvalue weighted by Gasteiger charge is 2.53. The third-order valence-electron chi connectivity index (χ3n) is 3.50. The summed E-state index contributed by atoms with van der Waals surface area (Å²) in [6.45, 7) is 0. The Bertz CT molecular complexity index is 185. The highest BCUT2D eigenvalue weighted by atomic mass is 19.4. The molecule has 76 valence electrons. The molecule has 2 aliphatic carbocycles. The van der Waals surface area contributed by atoms with Gasteiger partial charge < -0.3 is 0 Å². The first-order chi connectivity index (χ1) is 6.09. The van der Waals surface area contributed by atoms with Crippen molar-refractivity contribution in [2.75, 3.05) is 0 Å². The van der Waals surface area contributed by atoms with E-state index in [-0.39, 0.29) is 5.92 Å². The fraction of sp³-hybridized carbons (Fsp3) is 1.00. The predicted molar refractivity (Wildman–Crippen MR) is 44.2 cm³/mol. The van der Waals surface area contributed by atoms with Crippen LogP contribution in [0.1, 0.15) is 38.5 Å². The van der Waals surface area contributed by atoms with Gasteiger partial charge >= 0.3 is 6.18 Å². The van der Waals surface area contributed by atoms with Crippen molar-refractivity contribution in [1.29, 1.82) is 0 Å². The number of hydrogen-bond donors (Lipinski definition) is 0. The molecule has 0 radical (unpaired) electrons. The summed E-state index contributed by atoms with van der Waals surface area (Å²) in [6.07, 6.45) is 1.23. The third-order valence-corrected chi connectivity index (χ3v) is 3.50. The summed E-state index contributed by atoms with van der Waals surface area (Å²) in [5, 5.41) is 0. The number of rotatable bonds is 0. The molecule has 3 unspecified atom stereocenters. The van der Waals surface area contributed by atoms with E-state index in [1.54, 1.807) is 0 Å². The Morgan fingerprint density at radius 1 is 0.923 bits per heavy atom. The molecule has 3 atom stereocenters. The lowest BCUT2D eigenvalue weighted by molar-refractivity contribution is -0.184. The minimum absolute atomic E-state index is 0.0136. The number of fused-ring (bicyclic) bond motifs is 1. The minimum Gasteiger partial charge on any atom is -0.171 e. The second-order valence-corrected chi connectivity index (χ2v) is 4.45. The predicted octanol–water partition coefficient (Wildman–Crippen LogP) is 3.77. The van der Waals surface area contributed by atoms with E-state index >= 15 is 0 Å². The Balaban J connectivity index is 2.00. The molecule has 0 heterocycles. The van der Waals surface area contributed by atoms with Gasteiger partial charge in [-0.25, -0.2) is 0 Å². The fourth-order valence-electron chi connectivity index (χ4n) is 2.66. The van der Waals surface area contributed by atoms with E-state index < -0.39 is 12.1 Å². The van der Waals surface area contributed by atoms with Gasteiger partial charge in [0.25, 0.3) is 0 Å². The maximum Gasteiger partial charge on any atom is 0.392 e. The van der Waals surface area contributed by atoms with E-state index in [0.717, 1.165) is 32.1 Å². The van der Waals surface area contributed by atoms with Crippen LogP contribution in [0.4, 0.5) is 13.2 Å². The second kappa shape index (κ2) is 3.18. The largest absolute Gasteiger partial charge is 0.392 e. The molecule has 0 saturated heterocycles. The van der Waals surface area contributed by atoms with Crippen LogP contribution in [-0.2, 0) is 0 Å². The molecule has 0 aliphatic heterocycles. The topological polar surface area (TPSA) is 0 Å². The van der Waals surface area contributed by atoms with Gasteiger partial charge in [0.05, 0.1) is 5.92 Å². The smallest absolute Gasteiger partial charge is 0.171 e. The molecule has 2 aliphatic rings. The van der Waals surface area contributed by atoms with Gasteiger partial charge in [0.2, 0.25) is 0 Å². The van der Waals surface area contributed by atoms with Gasteiger partial charge in [0, 0.05) is 0 Å². The molecule has 0 aromatic carbocycles. The Morgan fingerprint density at radius 3 is 2.31 bits per heavy atom. The summed E-state index contributed by atoms with van der Waals surface area (Å²) in [5.74, 6) is -0.579. The molecule has 13 heavy (non-hydrogen) atoms. The van der Waals surface area contributed by atoms with Crippen LogP contribution in [0.25, 0.3) is 0 Å². The summed E-state index contributed by atoms with van der Waals surface area (Å²) in [5.41, 5.74) is 0. The number of hydrogen-bond acceptors (Lipinski definition) is 0. The fourth-order valence-corrected chi connectivity index (χ4v) is 2.66. The lowest BCUT2D eigenvalue weighted by Crippen LogP contribution is -2.26. The van der Waals surface area contributed by atoms with Gasteiger partial charge in [-0.05, 0) is 24.7 Å². The van der Waals surface area contributed by atoms with Crippen LogP contribution in [0.3, 0.4) is 0 Å². The van der Waals surface area contributed by atoms with Crippen molar-refractivity contribution >= 4 is 0 Å². The lowest BCUT2D eigenvalue weighted by Gasteiger charge is -2.22. The SMILES string of the molecule is FC(F)(F)C1CCCCCC2CC21. The normalized spacial score (nSPS) is 40.4. The first kappa shape index (κ1) is 9.35. The maximum atomic E-state index is 12.5. The van der Waals surface area contributed by atoms with Crippen molar-refractivity contribution in [2.24, 2.45) is 17.8 Å². The van der Waals surface area contributed by atoms with Gasteiger partial charge in [0.1, 0.15) is 0 Å². The molecule has 0 nitrogen and oxygen atoms in total. The molecule has 2 fully saturated rings. The molecule has 0 N–H and O–H groups in total. The highest BCUT2D eigenvalue weighted by molar-refractivity contribution is 4.94. The average molecular weight is 192 g/mol. The first-order valence-electron chi connectivity index (χ1n) is 5.16. The number of halogens is 3. The third kappa shape index (κ3) is 2.00. The van der Waals surface area contributed by atoms with Crippen molar-refractivity contribution < 1.29 is 13.2 Å². The molecule has 2 rings (SSSR count). The monoisotopic (exact) mass is 192 g/mol. The molecular weight excluding hydrogens is 177 g/mol. The van der Waals surface area contributed by atoms with Crippen molar-refractivity contribution in [1.82, 2.24) is 0 Å². The van der Waals surface area contributed by atoms with Crippen LogP contribution in [-0.4, -0.2) is 6.18 Å². The molecule has 3 heteroatoms. The summed E-state index contributed by atoms with van der Waals surface area (Å²) < 4.78 is 37.6. The zero-order valence-corrected chi connectivity index (χ0v) is 7.61. The van der Waals surface area contributed by atoms with Crippen LogP contribution in [0.5, 0.6) is 0 Å². The van der Waals surface area contributed by atoms with E-state index in [1.165, 1.54) is 0 Å². The minimum atomic E-state index is -3.93. The van der Waals surface area contributed by atoms with Crippen LogP contribution in [0, 0.1) is 17.8 Å². The Labute approximate surface area is 76.5 Å². The zero-order chi connectivity index (χ0) is 9.47. The molecule has 0 aromatic heterocycles. The van der Waals surface area contributed by atoms with Crippen molar-refractivity contribution in [2.45, 2.75) is 44.7 Å². The zero-order valence-electron chi connectivity index (χ0n) is 7.61. The summed E-state index contributed by atoms with van der Waals surface area (Å²) in [7, 11) is 0. The molecule has 0 bridgehead atoms. The lowest BCUT2D eigenvalue weighted by atomic mass is 9.90. The average Bonchev–Trinajstić information content (AvgIpc) is 2.63. The second-order valence-electron chi connectivity index (χ2n) is 4.45. The van der Waals surface area contributed by atoms with E-state index in [0.29, 0.717) is 12.3 Å². The van der Waals surface area contributed by atoms with E-state index in [1.807, 2.05) is 0 Å². The summed E-state index contributed by atoms with van der Waals surface area (Å²) in [6, 6.07) is 0. The summed E-state index contributed by atoms with van der Waals surface area (Å²) in [4.78, 5) is 0. The standard InChI is InChI=1S/C10H15F3/c11-10(12,13)9-5-3-1-2-4-7-6-8(7)9/h7-9H,1-6H2. The van der Waals surface area contributed by atoms with Gasteiger partial charge in [-0.2, -0.15) is 13.2 Å². The van der Waals surface area contributed by atoms with Crippen LogP contribution >= 0.6 is 0 Å². The molecule has 0 aromatic rings. The van der Waals surface area contributed by atoms with E-state index in [2.05, 4.69) is 0 Å². The number of alkyl halides is 3. The molecule has 2 saturated carbocycles. The van der Waals surface area contributed by atoms with Crippen molar-refractivity contribution in [3.8, 4) is 0 Å². The van der Waals surface area contributed by atoms with Crippen molar-refractivity contribution in [3.63, 3.8) is 0 Å². The Morgan fingerprint density at radius 2 is 1.62 bits per heavy atom. The molecular formula is C10H15F3. The van der Waals surface area contributed by atoms with E-state index in [9.17, 15) is 13.2 Å². The Kier molecular flexibility index (Phi) is 2.28. The van der Waals surface area contributed by atoms with Gasteiger partial charge in [0.15, 0.2) is 0 Å². The van der Waals surface area contributed by atoms with E-state index in [4.69, 9.17) is 0 Å². The molecule has 0 amide bonds. The molecule has 0 spiro atoms. The maximum absolute atomic E-state index is 12.5. The van der Waals surface area contributed by atoms with Crippen LogP contribution in [0.15, 0.2) is 0 Å². The highest BCUT2D eigenvalue weighted by Crippen LogP contribution is 2.55. The van der Waals surface area contributed by atoms with Crippen LogP contribution in [0.2, 0.25) is 0 Å². The Hall–Kier alpha value is -0.210. The van der Waals surface area contributed by atoms with Gasteiger partial charge in [-0.3, -0.25) is 0 Å². The van der Waals surface area contributed by atoms with Crippen LogP contribution < -0.4 is 0 Å². The van der Waals surface area contributed by atoms with Crippen molar-refractivity contribution in [3.05, 3.63) is 0 Å². The van der Waals surface area contributed by atoms with Gasteiger partial charge in [-0.15, -0.1) is 0 Å². The summed E-state index contributed by atoms with van der Waals surface area (Å²) >= 11 is 0. The van der Waals surface area contributed by atoms with Gasteiger partial charge in [-0.1, -0.05) is 25.7 Å². The first-order valence-corrected chi connectivity index (χ1v) is 5.16. The quantitative estimate of drug-likeness (QED) is 0.548.